The Morgan fingerprint density at radius 1 is 1.10 bits per heavy atom. The predicted octanol–water partition coefficient (Wildman–Crippen LogP) is 0.937. The SMILES string of the molecule is CN(C)CCS(=O)(=O)N(C)c1ccc(CCN)cc1.Cl. The first-order chi connectivity index (χ1) is 8.86. The second-order valence-electron chi connectivity index (χ2n) is 4.79. The van der Waals surface area contributed by atoms with Gasteiger partial charge in [-0.05, 0) is 44.8 Å². The van der Waals surface area contributed by atoms with Crippen LogP contribution in [-0.2, 0) is 16.4 Å². The van der Waals surface area contributed by atoms with E-state index in [2.05, 4.69) is 0 Å². The maximum absolute atomic E-state index is 12.1. The highest BCUT2D eigenvalue weighted by molar-refractivity contribution is 7.92. The van der Waals surface area contributed by atoms with Crippen LogP contribution in [0.3, 0.4) is 0 Å². The number of halogens is 1. The standard InChI is InChI=1S/C13H23N3O2S.ClH/c1-15(2)10-11-19(17,18)16(3)13-6-4-12(5-7-13)8-9-14;/h4-7H,8-11,14H2,1-3H3;1H. The van der Waals surface area contributed by atoms with Gasteiger partial charge in [-0.25, -0.2) is 8.42 Å². The van der Waals surface area contributed by atoms with Gasteiger partial charge in [0.25, 0.3) is 0 Å². The lowest BCUT2D eigenvalue weighted by Crippen LogP contribution is -2.33. The minimum Gasteiger partial charge on any atom is -0.330 e. The molecular weight excluding hydrogens is 298 g/mol. The minimum atomic E-state index is -3.27. The first kappa shape index (κ1) is 19.2. The van der Waals surface area contributed by atoms with E-state index in [1.165, 1.54) is 4.31 Å². The zero-order valence-corrected chi connectivity index (χ0v) is 13.9. The molecule has 1 aromatic carbocycles. The largest absolute Gasteiger partial charge is 0.330 e. The highest BCUT2D eigenvalue weighted by atomic mass is 35.5. The fraction of sp³-hybridized carbons (Fsp3) is 0.538. The second-order valence-corrected chi connectivity index (χ2v) is 6.91. The quantitative estimate of drug-likeness (QED) is 0.811. The minimum absolute atomic E-state index is 0. The average molecular weight is 322 g/mol. The summed E-state index contributed by atoms with van der Waals surface area (Å²) in [5, 5.41) is 0. The van der Waals surface area contributed by atoms with Gasteiger partial charge in [-0.2, -0.15) is 0 Å². The van der Waals surface area contributed by atoms with Crippen molar-refractivity contribution in [3.05, 3.63) is 29.8 Å². The van der Waals surface area contributed by atoms with Crippen LogP contribution in [0.15, 0.2) is 24.3 Å². The molecule has 0 radical (unpaired) electrons. The van der Waals surface area contributed by atoms with Crippen LogP contribution >= 0.6 is 12.4 Å². The van der Waals surface area contributed by atoms with Gasteiger partial charge in [0.05, 0.1) is 11.4 Å². The molecule has 20 heavy (non-hydrogen) atoms. The summed E-state index contributed by atoms with van der Waals surface area (Å²) < 4.78 is 25.6. The Kier molecular flexibility index (Phi) is 8.12. The molecule has 1 aromatic rings. The Labute approximate surface area is 128 Å². The van der Waals surface area contributed by atoms with E-state index in [9.17, 15) is 8.42 Å². The van der Waals surface area contributed by atoms with Crippen molar-refractivity contribution in [1.29, 1.82) is 0 Å². The van der Waals surface area contributed by atoms with E-state index in [4.69, 9.17) is 5.73 Å². The molecule has 0 amide bonds. The lowest BCUT2D eigenvalue weighted by Gasteiger charge is -2.21. The molecule has 0 aromatic heterocycles. The van der Waals surface area contributed by atoms with Gasteiger partial charge in [-0.15, -0.1) is 12.4 Å². The number of hydrogen-bond acceptors (Lipinski definition) is 4. The van der Waals surface area contributed by atoms with E-state index in [1.54, 1.807) is 7.05 Å². The average Bonchev–Trinajstić information content (AvgIpc) is 2.37. The number of nitrogens with zero attached hydrogens (tertiary/aromatic N) is 2. The van der Waals surface area contributed by atoms with E-state index in [0.29, 0.717) is 18.8 Å². The molecule has 0 spiro atoms. The summed E-state index contributed by atoms with van der Waals surface area (Å²) in [6, 6.07) is 7.47. The van der Waals surface area contributed by atoms with Crippen molar-refractivity contribution >= 4 is 28.1 Å². The number of rotatable bonds is 7. The second kappa shape index (κ2) is 8.46. The van der Waals surface area contributed by atoms with Gasteiger partial charge in [0.1, 0.15) is 0 Å². The van der Waals surface area contributed by atoms with Gasteiger partial charge in [0.2, 0.25) is 10.0 Å². The van der Waals surface area contributed by atoms with Crippen LogP contribution in [0.5, 0.6) is 0 Å². The molecule has 0 bridgehead atoms. The van der Waals surface area contributed by atoms with Crippen LogP contribution in [0.1, 0.15) is 5.56 Å². The lowest BCUT2D eigenvalue weighted by molar-refractivity contribution is 0.432. The van der Waals surface area contributed by atoms with Crippen molar-refractivity contribution in [3.8, 4) is 0 Å². The molecule has 0 saturated heterocycles. The maximum atomic E-state index is 12.1. The van der Waals surface area contributed by atoms with Crippen molar-refractivity contribution < 1.29 is 8.42 Å². The molecule has 0 fully saturated rings. The molecule has 1 rings (SSSR count). The van der Waals surface area contributed by atoms with Crippen LogP contribution in [0, 0.1) is 0 Å². The molecule has 5 nitrogen and oxygen atoms in total. The van der Waals surface area contributed by atoms with Crippen molar-refractivity contribution in [2.24, 2.45) is 5.73 Å². The molecule has 0 aliphatic rings. The molecule has 7 heteroatoms. The molecule has 0 atom stereocenters. The zero-order valence-electron chi connectivity index (χ0n) is 12.2. The van der Waals surface area contributed by atoms with Crippen LogP contribution < -0.4 is 10.0 Å². The summed E-state index contributed by atoms with van der Waals surface area (Å²) in [6.45, 7) is 1.11. The summed E-state index contributed by atoms with van der Waals surface area (Å²) in [7, 11) is 2.04. The van der Waals surface area contributed by atoms with Crippen molar-refractivity contribution in [2.75, 3.05) is 44.3 Å². The topological polar surface area (TPSA) is 66.6 Å². The van der Waals surface area contributed by atoms with Gasteiger partial charge in [-0.1, -0.05) is 12.1 Å². The van der Waals surface area contributed by atoms with Gasteiger partial charge in [0.15, 0.2) is 0 Å². The van der Waals surface area contributed by atoms with E-state index in [-0.39, 0.29) is 18.2 Å². The van der Waals surface area contributed by atoms with Gasteiger partial charge in [-0.3, -0.25) is 4.31 Å². The van der Waals surface area contributed by atoms with Crippen LogP contribution in [0.25, 0.3) is 0 Å². The smallest absolute Gasteiger partial charge is 0.236 e. The van der Waals surface area contributed by atoms with E-state index < -0.39 is 10.0 Å². The third-order valence-electron chi connectivity index (χ3n) is 2.95. The van der Waals surface area contributed by atoms with Gasteiger partial charge in [0, 0.05) is 13.6 Å². The summed E-state index contributed by atoms with van der Waals surface area (Å²) in [6.07, 6.45) is 0.803. The molecule has 0 unspecified atom stereocenters. The van der Waals surface area contributed by atoms with Gasteiger partial charge >= 0.3 is 0 Å². The molecule has 116 valence electrons. The number of anilines is 1. The Hall–Kier alpha value is -0.820. The monoisotopic (exact) mass is 321 g/mol. The molecule has 2 N–H and O–H groups in total. The van der Waals surface area contributed by atoms with Crippen molar-refractivity contribution in [3.63, 3.8) is 0 Å². The fourth-order valence-electron chi connectivity index (χ4n) is 1.63. The molecular formula is C13H24ClN3O2S. The summed E-state index contributed by atoms with van der Waals surface area (Å²) in [4.78, 5) is 1.86. The summed E-state index contributed by atoms with van der Waals surface area (Å²) in [5.74, 6) is 0.112. The molecule has 0 aliphatic heterocycles. The maximum Gasteiger partial charge on any atom is 0.236 e. The Morgan fingerprint density at radius 2 is 1.65 bits per heavy atom. The lowest BCUT2D eigenvalue weighted by atomic mass is 10.1. The third-order valence-corrected chi connectivity index (χ3v) is 4.69. The predicted molar refractivity (Wildman–Crippen MR) is 87.2 cm³/mol. The van der Waals surface area contributed by atoms with E-state index >= 15 is 0 Å². The molecule has 0 heterocycles. The van der Waals surface area contributed by atoms with Crippen molar-refractivity contribution in [1.82, 2.24) is 4.90 Å². The fourth-order valence-corrected chi connectivity index (χ4v) is 2.95. The van der Waals surface area contributed by atoms with Crippen LogP contribution in [0.4, 0.5) is 5.69 Å². The van der Waals surface area contributed by atoms with Crippen LogP contribution in [-0.4, -0.2) is 53.3 Å². The highest BCUT2D eigenvalue weighted by Gasteiger charge is 2.18. The highest BCUT2D eigenvalue weighted by Crippen LogP contribution is 2.17. The number of nitrogens with two attached hydrogens (primary N) is 1. The molecule has 0 aliphatic carbocycles. The number of hydrogen-bond donors (Lipinski definition) is 1. The Balaban J connectivity index is 0.00000361. The third kappa shape index (κ3) is 5.66. The zero-order chi connectivity index (χ0) is 14.5. The van der Waals surface area contributed by atoms with Crippen LogP contribution in [0.2, 0.25) is 0 Å². The summed E-state index contributed by atoms with van der Waals surface area (Å²) >= 11 is 0. The first-order valence-electron chi connectivity index (χ1n) is 6.27. The first-order valence-corrected chi connectivity index (χ1v) is 7.88. The van der Waals surface area contributed by atoms with Gasteiger partial charge < -0.3 is 10.6 Å². The number of benzene rings is 1. The Morgan fingerprint density at radius 3 is 2.10 bits per heavy atom. The molecule has 0 saturated carbocycles. The van der Waals surface area contributed by atoms with Crippen molar-refractivity contribution in [2.45, 2.75) is 6.42 Å². The normalized spacial score (nSPS) is 11.2. The summed E-state index contributed by atoms with van der Waals surface area (Å²) in [5.41, 5.74) is 7.28. The van der Waals surface area contributed by atoms with E-state index in [1.807, 2.05) is 43.3 Å². The number of sulfonamides is 1. The van der Waals surface area contributed by atoms with E-state index in [0.717, 1.165) is 12.0 Å². The Bertz CT molecular complexity index is 489.